The summed E-state index contributed by atoms with van der Waals surface area (Å²) < 4.78 is 1.51. The van der Waals surface area contributed by atoms with Crippen molar-refractivity contribution in [1.82, 2.24) is 19.4 Å². The Morgan fingerprint density at radius 3 is 2.77 bits per heavy atom. The molecule has 6 rings (SSSR count). The summed E-state index contributed by atoms with van der Waals surface area (Å²) in [6.45, 7) is 0.956. The number of anilines is 2. The summed E-state index contributed by atoms with van der Waals surface area (Å²) >= 11 is 6.35. The summed E-state index contributed by atoms with van der Waals surface area (Å²) in [6, 6.07) is 17.0. The number of nitrogens with zero attached hydrogens (tertiary/aromatic N) is 5. The van der Waals surface area contributed by atoms with Crippen molar-refractivity contribution < 1.29 is 4.79 Å². The van der Waals surface area contributed by atoms with Crippen LogP contribution in [0.1, 0.15) is 24.0 Å². The van der Waals surface area contributed by atoms with E-state index in [0.29, 0.717) is 53.2 Å². The molecule has 39 heavy (non-hydrogen) atoms. The van der Waals surface area contributed by atoms with E-state index in [9.17, 15) is 14.9 Å². The van der Waals surface area contributed by atoms with E-state index in [1.807, 2.05) is 42.5 Å². The predicted molar refractivity (Wildman–Crippen MR) is 150 cm³/mol. The second kappa shape index (κ2) is 10.0. The van der Waals surface area contributed by atoms with Gasteiger partial charge in [0.2, 0.25) is 5.95 Å². The molecule has 0 spiro atoms. The van der Waals surface area contributed by atoms with E-state index >= 15 is 0 Å². The fraction of sp³-hybridized carbons (Fsp3) is 0.233. The fourth-order valence-electron chi connectivity index (χ4n) is 5.03. The molecule has 4 aromatic rings. The molecule has 8 nitrogen and oxygen atoms in total. The molecule has 1 amide bonds. The van der Waals surface area contributed by atoms with Gasteiger partial charge >= 0.3 is 0 Å². The van der Waals surface area contributed by atoms with Gasteiger partial charge in [0.25, 0.3) is 11.5 Å². The third-order valence-electron chi connectivity index (χ3n) is 7.29. The zero-order valence-electron chi connectivity index (χ0n) is 21.3. The second-order valence-electron chi connectivity index (χ2n) is 9.95. The van der Waals surface area contributed by atoms with Crippen LogP contribution >= 0.6 is 11.6 Å². The van der Waals surface area contributed by atoms with Gasteiger partial charge in [-0.25, -0.2) is 4.98 Å². The minimum Gasteiger partial charge on any atom is -0.333 e. The average molecular weight is 537 g/mol. The lowest BCUT2D eigenvalue weighted by molar-refractivity contribution is -0.127. The molecule has 1 aliphatic carbocycles. The number of hydrogen-bond acceptors (Lipinski definition) is 6. The topological polar surface area (TPSA) is 104 Å². The van der Waals surface area contributed by atoms with Crippen LogP contribution in [-0.4, -0.2) is 31.9 Å². The van der Waals surface area contributed by atoms with E-state index in [2.05, 4.69) is 21.4 Å². The number of halogens is 1. The molecule has 1 N–H and O–H groups in total. The van der Waals surface area contributed by atoms with Crippen LogP contribution in [0.2, 0.25) is 5.02 Å². The molecule has 9 heteroatoms. The molecule has 1 fully saturated rings. The first kappa shape index (κ1) is 24.8. The highest BCUT2D eigenvalue weighted by Gasteiger charge is 2.27. The molecular weight excluding hydrogens is 512 g/mol. The number of nitrogens with one attached hydrogen (secondary N) is 1. The first-order valence-corrected chi connectivity index (χ1v) is 13.2. The number of benzene rings is 2. The van der Waals surface area contributed by atoms with E-state index in [-0.39, 0.29) is 17.0 Å². The summed E-state index contributed by atoms with van der Waals surface area (Å²) in [5.41, 5.74) is 4.64. The average Bonchev–Trinajstić information content (AvgIpc) is 3.78. The number of aromatic nitrogens is 3. The Hall–Kier alpha value is -4.48. The van der Waals surface area contributed by atoms with Gasteiger partial charge in [-0.15, -0.1) is 0 Å². The van der Waals surface area contributed by atoms with E-state index in [0.717, 1.165) is 35.0 Å². The third-order valence-corrected chi connectivity index (χ3v) is 7.62. The third kappa shape index (κ3) is 4.77. The molecule has 0 atom stereocenters. The van der Waals surface area contributed by atoms with Crippen LogP contribution in [0.4, 0.5) is 11.6 Å². The molecule has 2 aliphatic rings. The standard InChI is InChI=1S/C30H25ClN6O2/c1-36-27-21(14-24(29(36)39)23-6-2-3-7-25(23)31)16-33-30(35-27)34-26-8-4-5-19-17-37(12-11-22(19)26)28(38)20(15-32)13-18-9-10-18/h2-8,13-14,16,18H,9-12,17H2,1H3,(H,33,34,35). The quantitative estimate of drug-likeness (QED) is 0.280. The van der Waals surface area contributed by atoms with Crippen LogP contribution in [-0.2, 0) is 24.8 Å². The highest BCUT2D eigenvalue weighted by molar-refractivity contribution is 6.33. The lowest BCUT2D eigenvalue weighted by atomic mass is 9.97. The zero-order valence-corrected chi connectivity index (χ0v) is 22.1. The molecule has 1 aliphatic heterocycles. The predicted octanol–water partition coefficient (Wildman–Crippen LogP) is 5.14. The maximum absolute atomic E-state index is 13.2. The smallest absolute Gasteiger partial charge is 0.264 e. The van der Waals surface area contributed by atoms with Crippen molar-refractivity contribution in [3.05, 3.63) is 92.9 Å². The summed E-state index contributed by atoms with van der Waals surface area (Å²) in [6.07, 6.45) is 6.24. The number of aryl methyl sites for hydroxylation is 1. The van der Waals surface area contributed by atoms with E-state index in [1.165, 1.54) is 4.57 Å². The molecule has 194 valence electrons. The number of amides is 1. The van der Waals surface area contributed by atoms with Gasteiger partial charge in [0.05, 0.1) is 0 Å². The Labute approximate surface area is 230 Å². The fourth-order valence-corrected chi connectivity index (χ4v) is 5.26. The Bertz CT molecular complexity index is 1770. The Kier molecular flexibility index (Phi) is 6.37. The van der Waals surface area contributed by atoms with Crippen molar-refractivity contribution in [2.45, 2.75) is 25.8 Å². The number of pyridine rings is 1. The maximum atomic E-state index is 13.2. The molecule has 2 aromatic heterocycles. The molecule has 0 saturated heterocycles. The van der Waals surface area contributed by atoms with Gasteiger partial charge in [-0.2, -0.15) is 10.2 Å². The van der Waals surface area contributed by atoms with Gasteiger partial charge in [0.15, 0.2) is 0 Å². The number of fused-ring (bicyclic) bond motifs is 2. The van der Waals surface area contributed by atoms with Crippen LogP contribution in [0.15, 0.2) is 71.2 Å². The monoisotopic (exact) mass is 536 g/mol. The molecule has 0 radical (unpaired) electrons. The van der Waals surface area contributed by atoms with Gasteiger partial charge in [0, 0.05) is 53.6 Å². The van der Waals surface area contributed by atoms with Crippen LogP contribution < -0.4 is 10.9 Å². The lowest BCUT2D eigenvalue weighted by Crippen LogP contribution is -2.37. The molecular formula is C30H25ClN6O2. The number of nitriles is 1. The second-order valence-corrected chi connectivity index (χ2v) is 10.4. The number of allylic oxidation sites excluding steroid dienone is 1. The SMILES string of the molecule is Cn1c(=O)c(-c2ccccc2Cl)cc2cnc(Nc3cccc4c3CCN(C(=O)C(C#N)=CC3CC3)C4)nc21. The van der Waals surface area contributed by atoms with E-state index in [4.69, 9.17) is 11.6 Å². The Morgan fingerprint density at radius 1 is 1.18 bits per heavy atom. The van der Waals surface area contributed by atoms with Crippen molar-refractivity contribution in [3.63, 3.8) is 0 Å². The minimum atomic E-state index is -0.205. The molecule has 3 heterocycles. The van der Waals surface area contributed by atoms with Gasteiger partial charge in [-0.05, 0) is 54.5 Å². The van der Waals surface area contributed by atoms with Gasteiger partial charge < -0.3 is 10.2 Å². The van der Waals surface area contributed by atoms with Gasteiger partial charge in [-0.1, -0.05) is 48.0 Å². The normalized spacial score (nSPS) is 15.1. The minimum absolute atomic E-state index is 0.199. The summed E-state index contributed by atoms with van der Waals surface area (Å²) in [7, 11) is 1.69. The number of carbonyl (C=O) groups is 1. The zero-order chi connectivity index (χ0) is 27.1. The Morgan fingerprint density at radius 2 is 2.00 bits per heavy atom. The van der Waals surface area contributed by atoms with Crippen molar-refractivity contribution in [1.29, 1.82) is 5.26 Å². The molecule has 0 bridgehead atoms. The van der Waals surface area contributed by atoms with Crippen LogP contribution in [0.25, 0.3) is 22.2 Å². The highest BCUT2D eigenvalue weighted by atomic mass is 35.5. The molecule has 0 unspecified atom stereocenters. The van der Waals surface area contributed by atoms with Crippen molar-refractivity contribution in [2.24, 2.45) is 13.0 Å². The first-order chi connectivity index (χ1) is 18.9. The Balaban J connectivity index is 1.27. The van der Waals surface area contributed by atoms with Crippen molar-refractivity contribution in [3.8, 4) is 17.2 Å². The molecule has 2 aromatic carbocycles. The summed E-state index contributed by atoms with van der Waals surface area (Å²) in [5.74, 6) is 0.526. The largest absolute Gasteiger partial charge is 0.333 e. The number of carbonyl (C=O) groups excluding carboxylic acids is 1. The van der Waals surface area contributed by atoms with Gasteiger partial charge in [0.1, 0.15) is 17.3 Å². The van der Waals surface area contributed by atoms with Crippen molar-refractivity contribution >= 4 is 40.2 Å². The van der Waals surface area contributed by atoms with Gasteiger partial charge in [-0.3, -0.25) is 14.2 Å². The van der Waals surface area contributed by atoms with Crippen LogP contribution in [0, 0.1) is 17.2 Å². The lowest BCUT2D eigenvalue weighted by Gasteiger charge is -2.30. The number of rotatable bonds is 5. The molecule has 1 saturated carbocycles. The number of hydrogen-bond donors (Lipinski definition) is 1. The first-order valence-electron chi connectivity index (χ1n) is 12.8. The van der Waals surface area contributed by atoms with Crippen LogP contribution in [0.3, 0.4) is 0 Å². The van der Waals surface area contributed by atoms with Crippen LogP contribution in [0.5, 0.6) is 0 Å². The van der Waals surface area contributed by atoms with E-state index < -0.39 is 0 Å². The van der Waals surface area contributed by atoms with E-state index in [1.54, 1.807) is 30.3 Å². The van der Waals surface area contributed by atoms with Crippen molar-refractivity contribution in [2.75, 3.05) is 11.9 Å². The summed E-state index contributed by atoms with van der Waals surface area (Å²) in [4.78, 5) is 37.0. The maximum Gasteiger partial charge on any atom is 0.264 e. The summed E-state index contributed by atoms with van der Waals surface area (Å²) in [5, 5.41) is 14.0. The highest BCUT2D eigenvalue weighted by Crippen LogP contribution is 2.33.